The van der Waals surface area contributed by atoms with Crippen molar-refractivity contribution < 1.29 is 13.2 Å². The molecule has 4 heteroatoms. The molecule has 0 aromatic carbocycles. The maximum absolute atomic E-state index is 11.7. The van der Waals surface area contributed by atoms with Crippen molar-refractivity contribution in [1.29, 1.82) is 0 Å². The molecule has 2 N–H and O–H groups in total. The van der Waals surface area contributed by atoms with Crippen molar-refractivity contribution in [2.24, 2.45) is 11.7 Å². The van der Waals surface area contributed by atoms with Crippen LogP contribution in [-0.4, -0.2) is 11.7 Å². The second-order valence-electron chi connectivity index (χ2n) is 2.80. The molecule has 1 aliphatic carbocycles. The monoisotopic (exact) mass is 139 g/mol. The number of halogens is 3. The second-order valence-corrected chi connectivity index (χ2v) is 2.80. The van der Waals surface area contributed by atoms with Crippen molar-refractivity contribution in [1.82, 2.24) is 0 Å². The molecular formula is C5H8F3N. The van der Waals surface area contributed by atoms with Gasteiger partial charge in [-0.15, -0.1) is 0 Å². The van der Waals surface area contributed by atoms with Gasteiger partial charge in [0.1, 0.15) is 0 Å². The highest BCUT2D eigenvalue weighted by molar-refractivity contribution is 5.07. The lowest BCUT2D eigenvalue weighted by Gasteiger charge is -2.06. The van der Waals surface area contributed by atoms with Gasteiger partial charge in [-0.3, -0.25) is 0 Å². The third-order valence-corrected chi connectivity index (χ3v) is 1.67. The van der Waals surface area contributed by atoms with Crippen LogP contribution < -0.4 is 5.73 Å². The van der Waals surface area contributed by atoms with Crippen LogP contribution in [0.3, 0.4) is 0 Å². The zero-order valence-corrected chi connectivity index (χ0v) is 5.00. The van der Waals surface area contributed by atoms with E-state index >= 15 is 0 Å². The third-order valence-electron chi connectivity index (χ3n) is 1.67. The lowest BCUT2D eigenvalue weighted by atomic mass is 10.2. The Morgan fingerprint density at radius 3 is 1.89 bits per heavy atom. The second kappa shape index (κ2) is 1.42. The van der Waals surface area contributed by atoms with E-state index in [1.165, 1.54) is 6.92 Å². The van der Waals surface area contributed by atoms with Gasteiger partial charge in [0.15, 0.2) is 0 Å². The molecule has 0 aromatic heterocycles. The molecule has 0 spiro atoms. The average molecular weight is 139 g/mol. The van der Waals surface area contributed by atoms with E-state index in [4.69, 9.17) is 5.73 Å². The van der Waals surface area contributed by atoms with E-state index in [1.807, 2.05) is 0 Å². The minimum atomic E-state index is -4.08. The molecular weight excluding hydrogens is 131 g/mol. The van der Waals surface area contributed by atoms with Crippen molar-refractivity contribution >= 4 is 0 Å². The molecule has 0 aliphatic heterocycles. The zero-order valence-electron chi connectivity index (χ0n) is 5.00. The summed E-state index contributed by atoms with van der Waals surface area (Å²) in [4.78, 5) is 0. The van der Waals surface area contributed by atoms with Gasteiger partial charge in [0.25, 0.3) is 0 Å². The third kappa shape index (κ3) is 1.18. The van der Waals surface area contributed by atoms with Gasteiger partial charge in [0, 0.05) is 5.54 Å². The molecule has 0 aromatic rings. The Morgan fingerprint density at radius 1 is 1.56 bits per heavy atom. The van der Waals surface area contributed by atoms with Crippen molar-refractivity contribution in [2.75, 3.05) is 0 Å². The Hall–Kier alpha value is -0.250. The molecule has 9 heavy (non-hydrogen) atoms. The summed E-state index contributed by atoms with van der Waals surface area (Å²) in [6.07, 6.45) is -4.00. The summed E-state index contributed by atoms with van der Waals surface area (Å²) >= 11 is 0. The molecule has 0 radical (unpaired) electrons. The van der Waals surface area contributed by atoms with Crippen molar-refractivity contribution in [2.45, 2.75) is 25.1 Å². The number of hydrogen-bond acceptors (Lipinski definition) is 1. The minimum absolute atomic E-state index is 0.0799. The molecule has 0 saturated heterocycles. The Morgan fingerprint density at radius 2 is 1.89 bits per heavy atom. The lowest BCUT2D eigenvalue weighted by molar-refractivity contribution is -0.151. The van der Waals surface area contributed by atoms with Crippen molar-refractivity contribution in [3.8, 4) is 0 Å². The summed E-state index contributed by atoms with van der Waals surface area (Å²) in [6.45, 7) is 1.42. The fraction of sp³-hybridized carbons (Fsp3) is 1.00. The van der Waals surface area contributed by atoms with Crippen LogP contribution in [0.25, 0.3) is 0 Å². The molecule has 0 bridgehead atoms. The van der Waals surface area contributed by atoms with Crippen LogP contribution in [0.5, 0.6) is 0 Å². The molecule has 1 saturated carbocycles. The molecule has 0 heterocycles. The number of rotatable bonds is 0. The molecule has 2 atom stereocenters. The maximum Gasteiger partial charge on any atom is 0.393 e. The first-order chi connectivity index (χ1) is 3.84. The SMILES string of the molecule is CC1(N)CC1C(F)(F)F. The normalized spacial score (nSPS) is 43.0. The summed E-state index contributed by atoms with van der Waals surface area (Å²) in [5.41, 5.74) is 4.20. The summed E-state index contributed by atoms with van der Waals surface area (Å²) in [5.74, 6) is -1.26. The molecule has 1 nitrogen and oxygen atoms in total. The first kappa shape index (κ1) is 6.86. The standard InChI is InChI=1S/C5H8F3N/c1-4(9)2-3(4)5(6,7)8/h3H,2,9H2,1H3. The van der Waals surface area contributed by atoms with E-state index in [0.29, 0.717) is 0 Å². The fourth-order valence-electron chi connectivity index (χ4n) is 0.871. The van der Waals surface area contributed by atoms with Gasteiger partial charge in [-0.2, -0.15) is 13.2 Å². The van der Waals surface area contributed by atoms with Gasteiger partial charge < -0.3 is 5.73 Å². The highest BCUT2D eigenvalue weighted by Gasteiger charge is 2.61. The quantitative estimate of drug-likeness (QED) is 0.537. The van der Waals surface area contributed by atoms with Crippen molar-refractivity contribution in [3.63, 3.8) is 0 Å². The predicted octanol–water partition coefficient (Wildman–Crippen LogP) is 1.29. The maximum atomic E-state index is 11.7. The summed E-state index contributed by atoms with van der Waals surface area (Å²) in [6, 6.07) is 0. The van der Waals surface area contributed by atoms with Gasteiger partial charge in [-0.25, -0.2) is 0 Å². The average Bonchev–Trinajstić information content (AvgIpc) is 2.10. The molecule has 54 valence electrons. The minimum Gasteiger partial charge on any atom is -0.325 e. The van der Waals surface area contributed by atoms with E-state index < -0.39 is 17.6 Å². The van der Waals surface area contributed by atoms with Gasteiger partial charge >= 0.3 is 6.18 Å². The van der Waals surface area contributed by atoms with Crippen LogP contribution >= 0.6 is 0 Å². The van der Waals surface area contributed by atoms with Gasteiger partial charge in [-0.05, 0) is 13.3 Å². The first-order valence-corrected chi connectivity index (χ1v) is 2.69. The van der Waals surface area contributed by atoms with E-state index in [2.05, 4.69) is 0 Å². The van der Waals surface area contributed by atoms with Gasteiger partial charge in [-0.1, -0.05) is 0 Å². The fourth-order valence-corrected chi connectivity index (χ4v) is 0.871. The van der Waals surface area contributed by atoms with Crippen LogP contribution in [0.15, 0.2) is 0 Å². The lowest BCUT2D eigenvalue weighted by Crippen LogP contribution is -2.27. The van der Waals surface area contributed by atoms with Crippen LogP contribution in [0.1, 0.15) is 13.3 Å². The first-order valence-electron chi connectivity index (χ1n) is 2.69. The summed E-state index contributed by atoms with van der Waals surface area (Å²) in [5, 5.41) is 0. The number of nitrogens with two attached hydrogens (primary N) is 1. The van der Waals surface area contributed by atoms with E-state index in [9.17, 15) is 13.2 Å². The predicted molar refractivity (Wildman–Crippen MR) is 26.8 cm³/mol. The molecule has 1 rings (SSSR count). The number of hydrogen-bond donors (Lipinski definition) is 1. The largest absolute Gasteiger partial charge is 0.393 e. The van der Waals surface area contributed by atoms with Crippen LogP contribution in [-0.2, 0) is 0 Å². The summed E-state index contributed by atoms with van der Waals surface area (Å²) in [7, 11) is 0. The Kier molecular flexibility index (Phi) is 1.09. The van der Waals surface area contributed by atoms with Crippen LogP contribution in [0, 0.1) is 5.92 Å². The van der Waals surface area contributed by atoms with Gasteiger partial charge in [0.05, 0.1) is 5.92 Å². The molecule has 1 aliphatic rings. The van der Waals surface area contributed by atoms with Crippen LogP contribution in [0.4, 0.5) is 13.2 Å². The highest BCUT2D eigenvalue weighted by Crippen LogP contribution is 2.51. The van der Waals surface area contributed by atoms with Crippen LogP contribution in [0.2, 0.25) is 0 Å². The Balaban J connectivity index is 2.52. The van der Waals surface area contributed by atoms with E-state index in [0.717, 1.165) is 0 Å². The Bertz CT molecular complexity index is 127. The number of alkyl halides is 3. The smallest absolute Gasteiger partial charge is 0.325 e. The topological polar surface area (TPSA) is 26.0 Å². The molecule has 1 fully saturated rings. The Labute approximate surface area is 51.0 Å². The summed E-state index contributed by atoms with van der Waals surface area (Å²) < 4.78 is 35.0. The molecule has 2 unspecified atom stereocenters. The molecule has 0 amide bonds. The highest BCUT2D eigenvalue weighted by atomic mass is 19.4. The van der Waals surface area contributed by atoms with Crippen molar-refractivity contribution in [3.05, 3.63) is 0 Å². The van der Waals surface area contributed by atoms with Gasteiger partial charge in [0.2, 0.25) is 0 Å². The zero-order chi connectivity index (χ0) is 7.28. The van der Waals surface area contributed by atoms with E-state index in [-0.39, 0.29) is 6.42 Å². The van der Waals surface area contributed by atoms with E-state index in [1.54, 1.807) is 0 Å².